The lowest BCUT2D eigenvalue weighted by molar-refractivity contribution is -0.121. The van der Waals surface area contributed by atoms with Gasteiger partial charge in [-0.3, -0.25) is 4.79 Å². The molecule has 1 heterocycles. The Balaban J connectivity index is 2.03. The van der Waals surface area contributed by atoms with Gasteiger partial charge in [0.2, 0.25) is 5.91 Å². The minimum Gasteiger partial charge on any atom is -0.368 e. The lowest BCUT2D eigenvalue weighted by atomic mass is 10.2. The van der Waals surface area contributed by atoms with Gasteiger partial charge in [-0.25, -0.2) is 4.79 Å². The van der Waals surface area contributed by atoms with Crippen LogP contribution in [0.25, 0.3) is 0 Å². The van der Waals surface area contributed by atoms with E-state index < -0.39 is 11.9 Å². The Hall–Kier alpha value is -2.04. The summed E-state index contributed by atoms with van der Waals surface area (Å²) >= 11 is 0. The molecule has 1 aromatic carbocycles. The van der Waals surface area contributed by atoms with Crippen molar-refractivity contribution in [1.82, 2.24) is 4.90 Å². The molecule has 3 amide bonds. The predicted octanol–water partition coefficient (Wildman–Crippen LogP) is 1.17. The molecule has 2 rings (SSSR count). The van der Waals surface area contributed by atoms with Crippen LogP contribution in [0, 0.1) is 0 Å². The number of nitrogens with two attached hydrogens (primary N) is 1. The first kappa shape index (κ1) is 11.4. The van der Waals surface area contributed by atoms with Crippen LogP contribution < -0.4 is 11.1 Å². The molecule has 0 aromatic heterocycles. The van der Waals surface area contributed by atoms with Gasteiger partial charge in [-0.05, 0) is 25.0 Å². The Morgan fingerprint density at radius 1 is 1.29 bits per heavy atom. The van der Waals surface area contributed by atoms with Crippen LogP contribution in [0.5, 0.6) is 0 Å². The van der Waals surface area contributed by atoms with E-state index in [0.717, 1.165) is 6.42 Å². The first-order valence-corrected chi connectivity index (χ1v) is 5.60. The van der Waals surface area contributed by atoms with E-state index in [0.29, 0.717) is 18.7 Å². The van der Waals surface area contributed by atoms with Gasteiger partial charge in [-0.15, -0.1) is 0 Å². The van der Waals surface area contributed by atoms with Gasteiger partial charge in [0, 0.05) is 12.2 Å². The molecule has 1 unspecified atom stereocenters. The maximum absolute atomic E-state index is 11.9. The SMILES string of the molecule is NC(=O)C1CCCN1C(=O)Nc1ccccc1. The number of para-hydroxylation sites is 1. The van der Waals surface area contributed by atoms with E-state index in [9.17, 15) is 9.59 Å². The van der Waals surface area contributed by atoms with Crippen LogP contribution in [-0.2, 0) is 4.79 Å². The van der Waals surface area contributed by atoms with Crippen LogP contribution in [0.2, 0.25) is 0 Å². The summed E-state index contributed by atoms with van der Waals surface area (Å²) < 4.78 is 0. The van der Waals surface area contributed by atoms with Crippen molar-refractivity contribution in [3.8, 4) is 0 Å². The molecular formula is C12H15N3O2. The number of hydrogen-bond acceptors (Lipinski definition) is 2. The minimum atomic E-state index is -0.473. The van der Waals surface area contributed by atoms with Crippen LogP contribution in [0.3, 0.4) is 0 Å². The van der Waals surface area contributed by atoms with Gasteiger partial charge in [-0.2, -0.15) is 0 Å². The fourth-order valence-electron chi connectivity index (χ4n) is 2.02. The molecule has 5 heteroatoms. The minimum absolute atomic E-state index is 0.266. The number of likely N-dealkylation sites (tertiary alicyclic amines) is 1. The summed E-state index contributed by atoms with van der Waals surface area (Å²) in [6.45, 7) is 0.576. The van der Waals surface area contributed by atoms with Crippen molar-refractivity contribution in [3.05, 3.63) is 30.3 Å². The van der Waals surface area contributed by atoms with E-state index in [1.807, 2.05) is 18.2 Å². The fraction of sp³-hybridized carbons (Fsp3) is 0.333. The highest BCUT2D eigenvalue weighted by molar-refractivity contribution is 5.93. The average Bonchev–Trinajstić information content (AvgIpc) is 2.79. The number of primary amides is 1. The Kier molecular flexibility index (Phi) is 3.27. The molecule has 1 aromatic rings. The van der Waals surface area contributed by atoms with Gasteiger partial charge in [-0.1, -0.05) is 18.2 Å². The number of hydrogen-bond donors (Lipinski definition) is 2. The molecule has 0 radical (unpaired) electrons. The second-order valence-corrected chi connectivity index (χ2v) is 4.05. The lowest BCUT2D eigenvalue weighted by Crippen LogP contribution is -2.45. The number of nitrogens with zero attached hydrogens (tertiary/aromatic N) is 1. The summed E-state index contributed by atoms with van der Waals surface area (Å²) in [6, 6.07) is 8.41. The summed E-state index contributed by atoms with van der Waals surface area (Å²) in [7, 11) is 0. The predicted molar refractivity (Wildman–Crippen MR) is 64.4 cm³/mol. The van der Waals surface area contributed by atoms with Gasteiger partial charge < -0.3 is 16.0 Å². The van der Waals surface area contributed by atoms with Crippen molar-refractivity contribution in [2.75, 3.05) is 11.9 Å². The molecule has 1 aliphatic rings. The standard InChI is InChI=1S/C12H15N3O2/c13-11(16)10-7-4-8-15(10)12(17)14-9-5-2-1-3-6-9/h1-3,5-6,10H,4,7-8H2,(H2,13,16)(H,14,17). The smallest absolute Gasteiger partial charge is 0.322 e. The van der Waals surface area contributed by atoms with Gasteiger partial charge >= 0.3 is 6.03 Å². The Morgan fingerprint density at radius 2 is 2.00 bits per heavy atom. The molecule has 0 aliphatic carbocycles. The number of rotatable bonds is 2. The number of benzene rings is 1. The third-order valence-electron chi connectivity index (χ3n) is 2.87. The molecule has 90 valence electrons. The van der Waals surface area contributed by atoms with Gasteiger partial charge in [0.15, 0.2) is 0 Å². The van der Waals surface area contributed by atoms with Crippen molar-refractivity contribution < 1.29 is 9.59 Å². The Morgan fingerprint density at radius 3 is 2.65 bits per heavy atom. The third-order valence-corrected chi connectivity index (χ3v) is 2.87. The Bertz CT molecular complexity index is 419. The van der Waals surface area contributed by atoms with E-state index in [1.54, 1.807) is 12.1 Å². The number of carbonyl (C=O) groups excluding carboxylic acids is 2. The summed E-state index contributed by atoms with van der Waals surface area (Å²) in [5.74, 6) is -0.439. The summed E-state index contributed by atoms with van der Waals surface area (Å²) in [5, 5.41) is 2.75. The first-order valence-electron chi connectivity index (χ1n) is 5.60. The van der Waals surface area contributed by atoms with E-state index in [4.69, 9.17) is 5.73 Å². The molecule has 17 heavy (non-hydrogen) atoms. The van der Waals surface area contributed by atoms with Crippen molar-refractivity contribution in [1.29, 1.82) is 0 Å². The summed E-state index contributed by atoms with van der Waals surface area (Å²) in [4.78, 5) is 24.6. The highest BCUT2D eigenvalue weighted by atomic mass is 16.2. The molecule has 0 spiro atoms. The molecule has 1 atom stereocenters. The van der Waals surface area contributed by atoms with Crippen molar-refractivity contribution in [2.24, 2.45) is 5.73 Å². The maximum Gasteiger partial charge on any atom is 0.322 e. The molecule has 0 bridgehead atoms. The maximum atomic E-state index is 11.9. The van der Waals surface area contributed by atoms with E-state index in [1.165, 1.54) is 4.90 Å². The molecule has 0 saturated carbocycles. The summed E-state index contributed by atoms with van der Waals surface area (Å²) in [6.07, 6.45) is 1.47. The second-order valence-electron chi connectivity index (χ2n) is 4.05. The van der Waals surface area contributed by atoms with Crippen molar-refractivity contribution in [2.45, 2.75) is 18.9 Å². The molecule has 3 N–H and O–H groups in total. The van der Waals surface area contributed by atoms with Gasteiger partial charge in [0.1, 0.15) is 6.04 Å². The monoisotopic (exact) mass is 233 g/mol. The van der Waals surface area contributed by atoms with Gasteiger partial charge in [0.05, 0.1) is 0 Å². The normalized spacial score (nSPS) is 19.1. The number of amides is 3. The van der Waals surface area contributed by atoms with Crippen LogP contribution in [0.15, 0.2) is 30.3 Å². The third kappa shape index (κ3) is 2.55. The molecular weight excluding hydrogens is 218 g/mol. The van der Waals surface area contributed by atoms with Crippen molar-refractivity contribution in [3.63, 3.8) is 0 Å². The zero-order valence-corrected chi connectivity index (χ0v) is 9.43. The van der Waals surface area contributed by atoms with E-state index in [2.05, 4.69) is 5.32 Å². The molecule has 1 aliphatic heterocycles. The number of urea groups is 1. The van der Waals surface area contributed by atoms with E-state index >= 15 is 0 Å². The number of anilines is 1. The summed E-state index contributed by atoms with van der Waals surface area (Å²) in [5.41, 5.74) is 5.97. The van der Waals surface area contributed by atoms with Gasteiger partial charge in [0.25, 0.3) is 0 Å². The quantitative estimate of drug-likeness (QED) is 0.804. The molecule has 1 fully saturated rings. The number of carbonyl (C=O) groups is 2. The Labute approximate surface area is 99.6 Å². The zero-order chi connectivity index (χ0) is 12.3. The van der Waals surface area contributed by atoms with Crippen LogP contribution in [0.1, 0.15) is 12.8 Å². The average molecular weight is 233 g/mol. The van der Waals surface area contributed by atoms with Crippen LogP contribution in [0.4, 0.5) is 10.5 Å². The second kappa shape index (κ2) is 4.86. The van der Waals surface area contributed by atoms with Crippen LogP contribution in [-0.4, -0.2) is 29.4 Å². The first-order chi connectivity index (χ1) is 8.18. The fourth-order valence-corrected chi connectivity index (χ4v) is 2.02. The lowest BCUT2D eigenvalue weighted by Gasteiger charge is -2.22. The molecule has 5 nitrogen and oxygen atoms in total. The zero-order valence-electron chi connectivity index (χ0n) is 9.43. The topological polar surface area (TPSA) is 75.4 Å². The van der Waals surface area contributed by atoms with Crippen molar-refractivity contribution >= 4 is 17.6 Å². The van der Waals surface area contributed by atoms with Crippen LogP contribution >= 0.6 is 0 Å². The largest absolute Gasteiger partial charge is 0.368 e. The number of nitrogens with one attached hydrogen (secondary N) is 1. The highest BCUT2D eigenvalue weighted by Crippen LogP contribution is 2.18. The van der Waals surface area contributed by atoms with E-state index in [-0.39, 0.29) is 6.03 Å². The highest BCUT2D eigenvalue weighted by Gasteiger charge is 2.32. The molecule has 1 saturated heterocycles.